The maximum absolute atomic E-state index is 12.8. The third-order valence-electron chi connectivity index (χ3n) is 6.46. The predicted molar refractivity (Wildman–Crippen MR) is 158 cm³/mol. The first kappa shape index (κ1) is 40.2. The molecule has 0 bridgehead atoms. The summed E-state index contributed by atoms with van der Waals surface area (Å²) < 4.78 is 46.1. The van der Waals surface area contributed by atoms with Crippen molar-refractivity contribution in [3.8, 4) is 0 Å². The third-order valence-corrected chi connectivity index (χ3v) is 7.34. The molecule has 0 N–H and O–H groups in total. The molecule has 7 nitrogen and oxygen atoms in total. The number of allylic oxidation sites excluding steroid dienone is 4. The Labute approximate surface area is 291 Å². The summed E-state index contributed by atoms with van der Waals surface area (Å²) in [6.07, 6.45) is 25.0. The molecule has 1 aromatic rings. The Hall–Kier alpha value is -0.814. The van der Waals surface area contributed by atoms with Crippen molar-refractivity contribution in [1.82, 2.24) is 0 Å². The number of benzene rings is 1. The van der Waals surface area contributed by atoms with Gasteiger partial charge in [-0.3, -0.25) is 0 Å². The molecule has 0 aromatic heterocycles. The van der Waals surface area contributed by atoms with E-state index in [1.807, 2.05) is 0 Å². The second-order valence-corrected chi connectivity index (χ2v) is 11.4. The van der Waals surface area contributed by atoms with Crippen molar-refractivity contribution in [3.05, 3.63) is 53.6 Å². The summed E-state index contributed by atoms with van der Waals surface area (Å²) in [7, 11) is -5.00. The molecule has 0 saturated carbocycles. The number of ether oxygens (including phenoxy) is 2. The molecule has 41 heavy (non-hydrogen) atoms. The second-order valence-electron chi connectivity index (χ2n) is 10.0. The molecule has 0 saturated heterocycles. The van der Waals surface area contributed by atoms with Crippen molar-refractivity contribution in [2.45, 2.75) is 121 Å². The van der Waals surface area contributed by atoms with Crippen LogP contribution in [0.25, 0.3) is 0 Å². The Morgan fingerprint density at radius 2 is 1.12 bits per heavy atom. The predicted octanol–water partition coefficient (Wildman–Crippen LogP) is 5.30. The molecule has 1 rings (SSSR count). The van der Waals surface area contributed by atoms with E-state index in [9.17, 15) is 22.6 Å². The Balaban J connectivity index is 0.0000160. The second kappa shape index (κ2) is 25.7. The average molecular weight is 617 g/mol. The van der Waals surface area contributed by atoms with Crippen LogP contribution in [0.4, 0.5) is 0 Å². The van der Waals surface area contributed by atoms with Crippen molar-refractivity contribution in [1.29, 1.82) is 0 Å². The normalized spacial score (nSPS) is 11.6. The van der Waals surface area contributed by atoms with Crippen molar-refractivity contribution >= 4 is 22.1 Å². The number of esters is 2. The summed E-state index contributed by atoms with van der Waals surface area (Å²) in [5, 5.41) is 0. The number of hydrogen-bond donors (Lipinski definition) is 0. The number of carbonyl (C=O) groups excluding carboxylic acids is 2. The Kier molecular flexibility index (Phi) is 25.2. The van der Waals surface area contributed by atoms with Gasteiger partial charge in [-0.25, -0.2) is 18.0 Å². The van der Waals surface area contributed by atoms with Gasteiger partial charge in [0, 0.05) is 0 Å². The molecule has 0 aliphatic heterocycles. The van der Waals surface area contributed by atoms with E-state index in [1.54, 1.807) is 0 Å². The van der Waals surface area contributed by atoms with E-state index < -0.39 is 32.5 Å². The van der Waals surface area contributed by atoms with Gasteiger partial charge in [-0.05, 0) is 63.5 Å². The number of hydrogen-bond acceptors (Lipinski definition) is 7. The Bertz CT molecular complexity index is 1020. The largest absolute Gasteiger partial charge is 1.00 e. The van der Waals surface area contributed by atoms with E-state index in [0.29, 0.717) is 12.8 Å². The van der Waals surface area contributed by atoms with Gasteiger partial charge in [0.25, 0.3) is 0 Å². The smallest absolute Gasteiger partial charge is 0.744 e. The standard InChI is InChI=1S/C32H50O7S.K/c1-3-5-7-9-11-13-15-17-19-21-26-38-31(33)28-24-23-25-29(40(35,36)37)30(28)32(34)39-27-22-20-18-16-14-12-10-8-6-4-2;/h7-10,23-25H,3-6,11-22,26-27H2,1-2H3,(H,35,36,37);/q;+1/p-1/b9-7+,10-8+;. The van der Waals surface area contributed by atoms with Crippen LogP contribution in [-0.4, -0.2) is 38.1 Å². The first-order valence-electron chi connectivity index (χ1n) is 15.1. The van der Waals surface area contributed by atoms with Gasteiger partial charge in [0.15, 0.2) is 0 Å². The molecule has 9 heteroatoms. The summed E-state index contributed by atoms with van der Waals surface area (Å²) in [4.78, 5) is 24.8. The molecule has 0 spiro atoms. The molecule has 1 aromatic carbocycles. The van der Waals surface area contributed by atoms with Gasteiger partial charge >= 0.3 is 63.3 Å². The fraction of sp³-hybridized carbons (Fsp3) is 0.625. The van der Waals surface area contributed by atoms with Gasteiger partial charge in [0.05, 0.1) is 29.2 Å². The quantitative estimate of drug-likeness (QED) is 0.0539. The Morgan fingerprint density at radius 1 is 0.683 bits per heavy atom. The number of rotatable bonds is 23. The van der Waals surface area contributed by atoms with Crippen LogP contribution in [0.15, 0.2) is 47.4 Å². The maximum Gasteiger partial charge on any atom is 1.00 e. The number of carbonyl (C=O) groups is 2. The summed E-state index contributed by atoms with van der Waals surface area (Å²) in [5.41, 5.74) is -0.811. The molecule has 0 fully saturated rings. The summed E-state index contributed by atoms with van der Waals surface area (Å²) >= 11 is 0. The van der Waals surface area contributed by atoms with Crippen LogP contribution in [0.1, 0.15) is 137 Å². The molecule has 0 radical (unpaired) electrons. The van der Waals surface area contributed by atoms with E-state index in [-0.39, 0.29) is 70.2 Å². The average Bonchev–Trinajstić information content (AvgIpc) is 2.93. The summed E-state index contributed by atoms with van der Waals surface area (Å²) in [5.74, 6) is -1.84. The molecular formula is C32H49KO7S. The zero-order valence-corrected chi connectivity index (χ0v) is 29.5. The van der Waals surface area contributed by atoms with E-state index in [2.05, 4.69) is 38.2 Å². The van der Waals surface area contributed by atoms with Crippen molar-refractivity contribution in [2.24, 2.45) is 0 Å². The van der Waals surface area contributed by atoms with Crippen LogP contribution >= 0.6 is 0 Å². The Morgan fingerprint density at radius 3 is 1.61 bits per heavy atom. The molecule has 0 aliphatic carbocycles. The molecule has 0 heterocycles. The van der Waals surface area contributed by atoms with E-state index in [1.165, 1.54) is 12.1 Å². The van der Waals surface area contributed by atoms with Gasteiger partial charge < -0.3 is 14.0 Å². The van der Waals surface area contributed by atoms with Gasteiger partial charge in [-0.2, -0.15) is 0 Å². The van der Waals surface area contributed by atoms with Gasteiger partial charge in [0.1, 0.15) is 10.1 Å². The van der Waals surface area contributed by atoms with Gasteiger partial charge in [-0.1, -0.05) is 95.6 Å². The van der Waals surface area contributed by atoms with E-state index in [4.69, 9.17) is 9.47 Å². The fourth-order valence-corrected chi connectivity index (χ4v) is 4.88. The molecular weight excluding hydrogens is 568 g/mol. The van der Waals surface area contributed by atoms with Crippen LogP contribution < -0.4 is 51.4 Å². The van der Waals surface area contributed by atoms with Crippen molar-refractivity contribution in [3.63, 3.8) is 0 Å². The maximum atomic E-state index is 12.8. The van der Waals surface area contributed by atoms with Crippen molar-refractivity contribution in [2.75, 3.05) is 13.2 Å². The third kappa shape index (κ3) is 19.2. The van der Waals surface area contributed by atoms with E-state index >= 15 is 0 Å². The molecule has 0 atom stereocenters. The van der Waals surface area contributed by atoms with Gasteiger partial charge in [0.2, 0.25) is 0 Å². The first-order chi connectivity index (χ1) is 19.3. The summed E-state index contributed by atoms with van der Waals surface area (Å²) in [6, 6.07) is 3.56. The molecule has 0 amide bonds. The number of unbranched alkanes of at least 4 members (excludes halogenated alkanes) is 12. The van der Waals surface area contributed by atoms with Crippen LogP contribution in [0.2, 0.25) is 0 Å². The minimum atomic E-state index is -5.00. The SMILES string of the molecule is CCC/C=C/CCCCCCCOC(=O)c1cccc(S(=O)(=O)[O-])c1C(=O)OCCCCCCC/C=C/CCC.[K+]. The van der Waals surface area contributed by atoms with E-state index in [0.717, 1.165) is 96.0 Å². The van der Waals surface area contributed by atoms with Crippen molar-refractivity contribution < 1.29 is 83.4 Å². The van der Waals surface area contributed by atoms with Crippen LogP contribution in [0.3, 0.4) is 0 Å². The monoisotopic (exact) mass is 616 g/mol. The minimum Gasteiger partial charge on any atom is -0.744 e. The molecule has 0 aliphatic rings. The molecule has 226 valence electrons. The molecule has 0 unspecified atom stereocenters. The minimum absolute atomic E-state index is 0. The van der Waals surface area contributed by atoms with Crippen LogP contribution in [0.5, 0.6) is 0 Å². The zero-order chi connectivity index (χ0) is 29.5. The van der Waals surface area contributed by atoms with Crippen LogP contribution in [0, 0.1) is 0 Å². The van der Waals surface area contributed by atoms with Gasteiger partial charge in [-0.15, -0.1) is 0 Å². The first-order valence-corrected chi connectivity index (χ1v) is 16.5. The van der Waals surface area contributed by atoms with Crippen LogP contribution in [-0.2, 0) is 19.6 Å². The topological polar surface area (TPSA) is 110 Å². The summed E-state index contributed by atoms with van der Waals surface area (Å²) in [6.45, 7) is 4.53. The zero-order valence-electron chi connectivity index (χ0n) is 25.5. The fourth-order valence-electron chi connectivity index (χ4n) is 4.19.